The number of aromatic nitrogens is 7. The lowest BCUT2D eigenvalue weighted by Gasteiger charge is -2.25. The van der Waals surface area contributed by atoms with Crippen LogP contribution in [0.15, 0.2) is 67.5 Å². The van der Waals surface area contributed by atoms with E-state index in [0.717, 1.165) is 40.1 Å². The van der Waals surface area contributed by atoms with Crippen LogP contribution in [0.3, 0.4) is 0 Å². The summed E-state index contributed by atoms with van der Waals surface area (Å²) < 4.78 is 3.85. The third kappa shape index (κ3) is 4.29. The molecular weight excluding hydrogens is 412 g/mol. The van der Waals surface area contributed by atoms with Crippen LogP contribution in [0.1, 0.15) is 30.7 Å². The number of nitrogens with one attached hydrogen (secondary N) is 1. The van der Waals surface area contributed by atoms with Gasteiger partial charge >= 0.3 is 0 Å². The van der Waals surface area contributed by atoms with E-state index in [1.54, 1.807) is 0 Å². The Morgan fingerprint density at radius 1 is 0.909 bits per heavy atom. The molecule has 1 saturated heterocycles. The van der Waals surface area contributed by atoms with Gasteiger partial charge in [-0.05, 0) is 56.3 Å². The van der Waals surface area contributed by atoms with Gasteiger partial charge in [0.2, 0.25) is 0 Å². The summed E-state index contributed by atoms with van der Waals surface area (Å²) in [5.74, 6) is 0. The van der Waals surface area contributed by atoms with E-state index in [2.05, 4.69) is 48.4 Å². The predicted octanol–water partition coefficient (Wildman–Crippen LogP) is 4.04. The van der Waals surface area contributed by atoms with Gasteiger partial charge in [0.25, 0.3) is 0 Å². The molecule has 0 aliphatic carbocycles. The number of H-pyrrole nitrogens is 1. The zero-order valence-corrected chi connectivity index (χ0v) is 18.4. The molecule has 0 aromatic carbocycles. The second-order valence-electron chi connectivity index (χ2n) is 8.72. The lowest BCUT2D eigenvalue weighted by molar-refractivity contribution is 0.219. The molecule has 0 atom stereocenters. The first-order valence-corrected chi connectivity index (χ1v) is 11.5. The minimum atomic E-state index is 0.564. The van der Waals surface area contributed by atoms with E-state index in [1.165, 1.54) is 38.0 Å². The fraction of sp³-hybridized carbons (Fsp3) is 0.280. The van der Waals surface area contributed by atoms with Crippen molar-refractivity contribution in [2.24, 2.45) is 0 Å². The summed E-state index contributed by atoms with van der Waals surface area (Å²) in [6.45, 7) is 3.93. The Morgan fingerprint density at radius 2 is 1.79 bits per heavy atom. The smallest absolute Gasteiger partial charge is 0.114 e. The van der Waals surface area contributed by atoms with Gasteiger partial charge in [0.05, 0.1) is 30.3 Å². The van der Waals surface area contributed by atoms with E-state index in [9.17, 15) is 0 Å². The highest BCUT2D eigenvalue weighted by Crippen LogP contribution is 2.21. The third-order valence-electron chi connectivity index (χ3n) is 6.24. The highest BCUT2D eigenvalue weighted by molar-refractivity contribution is 5.79. The molecule has 6 heterocycles. The van der Waals surface area contributed by atoms with Crippen LogP contribution in [0.5, 0.6) is 0 Å². The van der Waals surface area contributed by atoms with Crippen molar-refractivity contribution < 1.29 is 0 Å². The average Bonchev–Trinajstić information content (AvgIpc) is 3.61. The Bertz CT molecular complexity index is 1360. The highest BCUT2D eigenvalue weighted by atomic mass is 15.4. The van der Waals surface area contributed by atoms with E-state index in [-0.39, 0.29) is 0 Å². The second kappa shape index (κ2) is 8.63. The van der Waals surface area contributed by atoms with Crippen molar-refractivity contribution in [3.05, 3.63) is 78.9 Å². The Hall–Kier alpha value is -3.78. The summed E-state index contributed by atoms with van der Waals surface area (Å²) in [6.07, 6.45) is 15.5. The number of hydrogen-bond acceptors (Lipinski definition) is 5. The first-order valence-electron chi connectivity index (χ1n) is 11.5. The van der Waals surface area contributed by atoms with Gasteiger partial charge in [-0.25, -0.2) is 4.68 Å². The van der Waals surface area contributed by atoms with Crippen LogP contribution in [-0.4, -0.2) is 52.5 Å². The van der Waals surface area contributed by atoms with Crippen molar-refractivity contribution in [2.45, 2.75) is 32.4 Å². The molecule has 0 saturated carbocycles. The van der Waals surface area contributed by atoms with Gasteiger partial charge in [-0.1, -0.05) is 11.6 Å². The van der Waals surface area contributed by atoms with Gasteiger partial charge in [0, 0.05) is 53.5 Å². The summed E-state index contributed by atoms with van der Waals surface area (Å²) in [5.41, 5.74) is 6.04. The maximum absolute atomic E-state index is 4.65. The van der Waals surface area contributed by atoms with E-state index >= 15 is 0 Å². The van der Waals surface area contributed by atoms with Crippen molar-refractivity contribution in [3.63, 3.8) is 0 Å². The summed E-state index contributed by atoms with van der Waals surface area (Å²) >= 11 is 0. The van der Waals surface area contributed by atoms with Crippen molar-refractivity contribution in [1.82, 2.24) is 39.4 Å². The molecule has 8 nitrogen and oxygen atoms in total. The van der Waals surface area contributed by atoms with Gasteiger partial charge in [-0.3, -0.25) is 14.9 Å². The van der Waals surface area contributed by atoms with E-state index < -0.39 is 0 Å². The molecule has 1 aliphatic heterocycles. The topological polar surface area (TPSA) is 80.5 Å². The fourth-order valence-electron chi connectivity index (χ4n) is 4.55. The SMILES string of the molecule is c1ccn(-c2cncc(-c3cn(Cc4cc5[nH]c(CN6CCCCC6)cc5cn4)nn3)c2)c1. The summed E-state index contributed by atoms with van der Waals surface area (Å²) in [5, 5.41) is 9.83. The first-order chi connectivity index (χ1) is 16.3. The van der Waals surface area contributed by atoms with E-state index in [1.807, 2.05) is 58.6 Å². The lowest BCUT2D eigenvalue weighted by atomic mass is 10.1. The molecule has 5 aromatic rings. The highest BCUT2D eigenvalue weighted by Gasteiger charge is 2.13. The zero-order chi connectivity index (χ0) is 22.0. The lowest BCUT2D eigenvalue weighted by Crippen LogP contribution is -2.29. The first kappa shape index (κ1) is 19.9. The number of piperidine rings is 1. The number of aromatic amines is 1. The molecule has 0 spiro atoms. The number of nitrogens with zero attached hydrogens (tertiary/aromatic N) is 7. The van der Waals surface area contributed by atoms with E-state index in [4.69, 9.17) is 0 Å². The molecular formula is C25H26N8. The number of hydrogen-bond donors (Lipinski definition) is 1. The average molecular weight is 439 g/mol. The monoisotopic (exact) mass is 438 g/mol. The normalized spacial score (nSPS) is 14.8. The van der Waals surface area contributed by atoms with Gasteiger partial charge in [0.1, 0.15) is 5.69 Å². The minimum absolute atomic E-state index is 0.564. The molecule has 0 radical (unpaired) electrons. The Morgan fingerprint density at radius 3 is 2.67 bits per heavy atom. The maximum atomic E-state index is 4.65. The quantitative estimate of drug-likeness (QED) is 0.433. The molecule has 1 aliphatic rings. The van der Waals surface area contributed by atoms with Crippen molar-refractivity contribution in [3.8, 4) is 16.9 Å². The van der Waals surface area contributed by atoms with E-state index in [0.29, 0.717) is 6.54 Å². The number of rotatable bonds is 6. The Labute approximate surface area is 191 Å². The number of fused-ring (bicyclic) bond motifs is 1. The molecule has 166 valence electrons. The molecule has 33 heavy (non-hydrogen) atoms. The maximum Gasteiger partial charge on any atom is 0.114 e. The number of pyridine rings is 2. The summed E-state index contributed by atoms with van der Waals surface area (Å²) in [7, 11) is 0. The molecule has 8 heteroatoms. The molecule has 5 aromatic heterocycles. The van der Waals surface area contributed by atoms with Crippen LogP contribution >= 0.6 is 0 Å². The van der Waals surface area contributed by atoms with Crippen molar-refractivity contribution in [2.75, 3.05) is 13.1 Å². The second-order valence-corrected chi connectivity index (χ2v) is 8.72. The van der Waals surface area contributed by atoms with Gasteiger partial charge in [-0.15, -0.1) is 5.10 Å². The van der Waals surface area contributed by atoms with Crippen LogP contribution < -0.4 is 0 Å². The number of likely N-dealkylation sites (tertiary alicyclic amines) is 1. The van der Waals surface area contributed by atoms with Crippen LogP contribution in [0, 0.1) is 0 Å². The molecule has 1 fully saturated rings. The zero-order valence-electron chi connectivity index (χ0n) is 18.4. The van der Waals surface area contributed by atoms with Crippen LogP contribution in [0.25, 0.3) is 27.8 Å². The Kier molecular flexibility index (Phi) is 5.20. The molecule has 1 N–H and O–H groups in total. The molecule has 0 unspecified atom stereocenters. The minimum Gasteiger partial charge on any atom is -0.357 e. The van der Waals surface area contributed by atoms with Crippen LogP contribution in [0.2, 0.25) is 0 Å². The largest absolute Gasteiger partial charge is 0.357 e. The van der Waals surface area contributed by atoms with Gasteiger partial charge in [-0.2, -0.15) is 0 Å². The van der Waals surface area contributed by atoms with Crippen LogP contribution in [0.4, 0.5) is 0 Å². The summed E-state index contributed by atoms with van der Waals surface area (Å²) in [4.78, 5) is 15.1. The molecule has 0 amide bonds. The Balaban J connectivity index is 1.18. The summed E-state index contributed by atoms with van der Waals surface area (Å²) in [6, 6.07) is 10.4. The van der Waals surface area contributed by atoms with Gasteiger partial charge < -0.3 is 9.55 Å². The fourth-order valence-corrected chi connectivity index (χ4v) is 4.55. The van der Waals surface area contributed by atoms with Crippen LogP contribution in [-0.2, 0) is 13.1 Å². The molecule has 0 bridgehead atoms. The third-order valence-corrected chi connectivity index (χ3v) is 6.24. The molecule has 6 rings (SSSR count). The van der Waals surface area contributed by atoms with Crippen molar-refractivity contribution >= 4 is 10.9 Å². The predicted molar refractivity (Wildman–Crippen MR) is 127 cm³/mol. The van der Waals surface area contributed by atoms with Crippen molar-refractivity contribution in [1.29, 1.82) is 0 Å². The standard InChI is InChI=1S/C25H26N8/c1-2-6-31(7-3-1)16-22-10-19-14-27-21(12-24(19)28-22)17-33-18-25(29-30-33)20-11-23(15-26-13-20)32-8-4-5-9-32/h4-5,8-15,18,28H,1-3,6-7,16-17H2. The van der Waals surface area contributed by atoms with Gasteiger partial charge in [0.15, 0.2) is 0 Å².